The number of nitrogens with zero attached hydrogens (tertiary/aromatic N) is 1. The number of carbonyl (C=O) groups excluding carboxylic acids is 1. The molecule has 0 aliphatic carbocycles. The SMILES string of the molecule is O=C(OCC1CO1)c1ccc(N2COc3ccccc3C2)cc1. The molecule has 5 heteroatoms. The van der Waals surface area contributed by atoms with Crippen LogP contribution in [-0.2, 0) is 16.0 Å². The summed E-state index contributed by atoms with van der Waals surface area (Å²) < 4.78 is 16.0. The second-order valence-corrected chi connectivity index (χ2v) is 5.68. The minimum absolute atomic E-state index is 0.0868. The Morgan fingerprint density at radius 3 is 2.74 bits per heavy atom. The predicted octanol–water partition coefficient (Wildman–Crippen LogP) is 2.60. The molecule has 23 heavy (non-hydrogen) atoms. The van der Waals surface area contributed by atoms with Gasteiger partial charge >= 0.3 is 5.97 Å². The van der Waals surface area contributed by atoms with Gasteiger partial charge in [0, 0.05) is 17.8 Å². The summed E-state index contributed by atoms with van der Waals surface area (Å²) in [5.74, 6) is 0.624. The third-order valence-electron chi connectivity index (χ3n) is 3.98. The Morgan fingerprint density at radius 1 is 1.17 bits per heavy atom. The maximum atomic E-state index is 11.9. The van der Waals surface area contributed by atoms with Crippen LogP contribution in [-0.4, -0.2) is 32.0 Å². The molecule has 0 aromatic heterocycles. The van der Waals surface area contributed by atoms with Crippen LogP contribution in [0.2, 0.25) is 0 Å². The molecular weight excluding hydrogens is 294 g/mol. The van der Waals surface area contributed by atoms with Gasteiger partial charge in [0.25, 0.3) is 0 Å². The lowest BCUT2D eigenvalue weighted by molar-refractivity contribution is 0.0476. The van der Waals surface area contributed by atoms with E-state index < -0.39 is 0 Å². The molecule has 2 aliphatic heterocycles. The zero-order valence-corrected chi connectivity index (χ0v) is 12.6. The van der Waals surface area contributed by atoms with Crippen molar-refractivity contribution in [2.45, 2.75) is 12.6 Å². The number of rotatable bonds is 4. The molecule has 118 valence electrons. The Hall–Kier alpha value is -2.53. The largest absolute Gasteiger partial charge is 0.473 e. The van der Waals surface area contributed by atoms with E-state index in [1.54, 1.807) is 12.1 Å². The van der Waals surface area contributed by atoms with E-state index in [1.807, 2.05) is 30.3 Å². The highest BCUT2D eigenvalue weighted by atomic mass is 16.6. The van der Waals surface area contributed by atoms with Crippen molar-refractivity contribution < 1.29 is 19.0 Å². The molecule has 2 aromatic carbocycles. The Labute approximate surface area is 134 Å². The molecule has 0 bridgehead atoms. The highest BCUT2D eigenvalue weighted by molar-refractivity contribution is 5.89. The van der Waals surface area contributed by atoms with Crippen LogP contribution in [0.15, 0.2) is 48.5 Å². The summed E-state index contributed by atoms with van der Waals surface area (Å²) in [4.78, 5) is 14.0. The van der Waals surface area contributed by atoms with Crippen molar-refractivity contribution in [3.05, 3.63) is 59.7 Å². The quantitative estimate of drug-likeness (QED) is 0.642. The second-order valence-electron chi connectivity index (χ2n) is 5.68. The molecule has 4 rings (SSSR count). The van der Waals surface area contributed by atoms with E-state index in [1.165, 1.54) is 0 Å². The third kappa shape index (κ3) is 3.14. The highest BCUT2D eigenvalue weighted by Gasteiger charge is 2.24. The first-order chi connectivity index (χ1) is 11.3. The molecule has 1 atom stereocenters. The minimum atomic E-state index is -0.313. The van der Waals surface area contributed by atoms with E-state index in [0.29, 0.717) is 25.5 Å². The van der Waals surface area contributed by atoms with Gasteiger partial charge in [0.15, 0.2) is 6.73 Å². The van der Waals surface area contributed by atoms with Gasteiger partial charge in [0.2, 0.25) is 0 Å². The zero-order chi connectivity index (χ0) is 15.6. The van der Waals surface area contributed by atoms with E-state index in [0.717, 1.165) is 23.5 Å². The van der Waals surface area contributed by atoms with Crippen molar-refractivity contribution in [2.24, 2.45) is 0 Å². The number of esters is 1. The molecule has 2 aromatic rings. The average molecular weight is 311 g/mol. The topological polar surface area (TPSA) is 51.3 Å². The molecule has 0 saturated carbocycles. The Bertz CT molecular complexity index is 709. The number of para-hydroxylation sites is 1. The average Bonchev–Trinajstić information content (AvgIpc) is 3.44. The number of anilines is 1. The normalized spacial score (nSPS) is 18.8. The summed E-state index contributed by atoms with van der Waals surface area (Å²) in [7, 11) is 0. The fourth-order valence-electron chi connectivity index (χ4n) is 2.56. The van der Waals surface area contributed by atoms with Crippen molar-refractivity contribution in [1.82, 2.24) is 0 Å². The van der Waals surface area contributed by atoms with Crippen LogP contribution in [0.25, 0.3) is 0 Å². The van der Waals surface area contributed by atoms with Crippen molar-refractivity contribution in [3.8, 4) is 5.75 Å². The molecule has 0 radical (unpaired) electrons. The maximum Gasteiger partial charge on any atom is 0.338 e. The van der Waals surface area contributed by atoms with Crippen LogP contribution < -0.4 is 9.64 Å². The highest BCUT2D eigenvalue weighted by Crippen LogP contribution is 2.28. The monoisotopic (exact) mass is 311 g/mol. The molecule has 1 fully saturated rings. The lowest BCUT2D eigenvalue weighted by Gasteiger charge is -2.30. The van der Waals surface area contributed by atoms with Crippen LogP contribution in [0.3, 0.4) is 0 Å². The first-order valence-corrected chi connectivity index (χ1v) is 7.64. The molecule has 5 nitrogen and oxygen atoms in total. The molecule has 0 spiro atoms. The first-order valence-electron chi connectivity index (χ1n) is 7.64. The van der Waals surface area contributed by atoms with E-state index in [9.17, 15) is 4.79 Å². The van der Waals surface area contributed by atoms with E-state index in [4.69, 9.17) is 14.2 Å². The summed E-state index contributed by atoms with van der Waals surface area (Å²) in [6.07, 6.45) is 0.0868. The van der Waals surface area contributed by atoms with E-state index in [-0.39, 0.29) is 12.1 Å². The number of hydrogen-bond donors (Lipinski definition) is 0. The van der Waals surface area contributed by atoms with Gasteiger partial charge in [-0.15, -0.1) is 0 Å². The van der Waals surface area contributed by atoms with Crippen molar-refractivity contribution in [2.75, 3.05) is 24.8 Å². The van der Waals surface area contributed by atoms with Gasteiger partial charge in [-0.3, -0.25) is 0 Å². The summed E-state index contributed by atoms with van der Waals surface area (Å²) in [5.41, 5.74) is 2.72. The maximum absolute atomic E-state index is 11.9. The molecule has 1 unspecified atom stereocenters. The molecule has 2 aliphatic rings. The fourth-order valence-corrected chi connectivity index (χ4v) is 2.56. The van der Waals surface area contributed by atoms with Crippen molar-refractivity contribution in [3.63, 3.8) is 0 Å². The summed E-state index contributed by atoms with van der Waals surface area (Å²) in [6, 6.07) is 15.4. The van der Waals surface area contributed by atoms with Gasteiger partial charge in [-0.25, -0.2) is 4.79 Å². The smallest absolute Gasteiger partial charge is 0.338 e. The Kier molecular flexibility index (Phi) is 3.63. The van der Waals surface area contributed by atoms with Crippen LogP contribution in [0.1, 0.15) is 15.9 Å². The predicted molar refractivity (Wildman–Crippen MR) is 84.6 cm³/mol. The van der Waals surface area contributed by atoms with Crippen LogP contribution in [0.5, 0.6) is 5.75 Å². The van der Waals surface area contributed by atoms with Crippen molar-refractivity contribution >= 4 is 11.7 Å². The van der Waals surface area contributed by atoms with Crippen LogP contribution in [0.4, 0.5) is 5.69 Å². The lowest BCUT2D eigenvalue weighted by atomic mass is 10.1. The third-order valence-corrected chi connectivity index (χ3v) is 3.98. The fraction of sp³-hybridized carbons (Fsp3) is 0.278. The number of fused-ring (bicyclic) bond motifs is 1. The van der Waals surface area contributed by atoms with Gasteiger partial charge in [-0.1, -0.05) is 18.2 Å². The Morgan fingerprint density at radius 2 is 1.96 bits per heavy atom. The summed E-state index contributed by atoms with van der Waals surface area (Å²) in [5, 5.41) is 0. The number of hydrogen-bond acceptors (Lipinski definition) is 5. The van der Waals surface area contributed by atoms with Gasteiger partial charge in [-0.2, -0.15) is 0 Å². The lowest BCUT2D eigenvalue weighted by Crippen LogP contribution is -2.31. The summed E-state index contributed by atoms with van der Waals surface area (Å²) >= 11 is 0. The van der Waals surface area contributed by atoms with Crippen LogP contribution in [0, 0.1) is 0 Å². The van der Waals surface area contributed by atoms with Gasteiger partial charge in [0.1, 0.15) is 18.5 Å². The molecule has 2 heterocycles. The number of ether oxygens (including phenoxy) is 3. The van der Waals surface area contributed by atoms with E-state index in [2.05, 4.69) is 11.0 Å². The summed E-state index contributed by atoms with van der Waals surface area (Å²) in [6.45, 7) is 2.30. The molecule has 1 saturated heterocycles. The molecule has 0 amide bonds. The van der Waals surface area contributed by atoms with Crippen LogP contribution >= 0.6 is 0 Å². The standard InChI is InChI=1S/C18H17NO4/c20-18(22-11-16-10-21-16)13-5-7-15(8-6-13)19-9-14-3-1-2-4-17(14)23-12-19/h1-8,16H,9-12H2. The van der Waals surface area contributed by atoms with E-state index >= 15 is 0 Å². The van der Waals surface area contributed by atoms with Crippen molar-refractivity contribution in [1.29, 1.82) is 0 Å². The second kappa shape index (κ2) is 5.93. The zero-order valence-electron chi connectivity index (χ0n) is 12.6. The van der Waals surface area contributed by atoms with Gasteiger partial charge < -0.3 is 19.1 Å². The van der Waals surface area contributed by atoms with Gasteiger partial charge in [0.05, 0.1) is 12.2 Å². The molecule has 0 N–H and O–H groups in total. The first kappa shape index (κ1) is 14.1. The van der Waals surface area contributed by atoms with Gasteiger partial charge in [-0.05, 0) is 30.3 Å². The number of epoxide rings is 1. The Balaban J connectivity index is 1.43. The number of benzene rings is 2. The number of carbonyl (C=O) groups is 1. The molecular formula is C18H17NO4. The minimum Gasteiger partial charge on any atom is -0.473 e.